The van der Waals surface area contributed by atoms with Crippen LogP contribution in [0.1, 0.15) is 53.4 Å². The van der Waals surface area contributed by atoms with E-state index in [0.29, 0.717) is 25.8 Å². The van der Waals surface area contributed by atoms with Gasteiger partial charge in [0, 0.05) is 19.1 Å². The molecule has 1 saturated heterocycles. The number of amides is 3. The highest BCUT2D eigenvalue weighted by molar-refractivity contribution is 5.94. The van der Waals surface area contributed by atoms with E-state index in [4.69, 9.17) is 11.5 Å². The molecule has 182 valence electrons. The van der Waals surface area contributed by atoms with Crippen molar-refractivity contribution in [1.82, 2.24) is 20.9 Å². The van der Waals surface area contributed by atoms with Crippen LogP contribution in [0.4, 0.5) is 0 Å². The van der Waals surface area contributed by atoms with Crippen LogP contribution in [-0.4, -0.2) is 83.0 Å². The predicted molar refractivity (Wildman–Crippen MR) is 120 cm³/mol. The Bertz CT molecular complexity index is 708. The summed E-state index contributed by atoms with van der Waals surface area (Å²) in [6, 6.07) is -3.08. The molecule has 0 aromatic rings. The molecular weight excluding hydrogens is 418 g/mol. The standard InChI is InChI=1S/C20H37N7O5/c1-11(2)24-13(4)18(30)27-10-6-8-15(27)17(29)25-12(3)16(28)26-14(19(31)32)7-5-9-23-20(21)22/h11-15,24H,5-10H2,1-4H3,(H,25,29)(H,26,28)(H,31,32)(H4,21,22,23)/t12-,13-,14-,15-/m0/s1. The maximum Gasteiger partial charge on any atom is 0.326 e. The number of aliphatic carboxylic acids is 1. The Morgan fingerprint density at radius 1 is 1.09 bits per heavy atom. The lowest BCUT2D eigenvalue weighted by Crippen LogP contribution is -2.56. The molecule has 1 heterocycles. The molecular formula is C20H37N7O5. The molecule has 1 rings (SSSR count). The average Bonchev–Trinajstić information content (AvgIpc) is 3.18. The Balaban J connectivity index is 2.64. The predicted octanol–water partition coefficient (Wildman–Crippen LogP) is -1.51. The number of rotatable bonds is 12. The van der Waals surface area contributed by atoms with E-state index in [1.54, 1.807) is 6.92 Å². The zero-order valence-corrected chi connectivity index (χ0v) is 19.3. The third-order valence-electron chi connectivity index (χ3n) is 5.10. The minimum absolute atomic E-state index is 0.0916. The van der Waals surface area contributed by atoms with E-state index in [1.165, 1.54) is 11.8 Å². The monoisotopic (exact) mass is 455 g/mol. The molecule has 12 heteroatoms. The van der Waals surface area contributed by atoms with Crippen molar-refractivity contribution >= 4 is 29.7 Å². The van der Waals surface area contributed by atoms with Crippen LogP contribution in [0.25, 0.3) is 0 Å². The third kappa shape index (κ3) is 8.69. The quantitative estimate of drug-likeness (QED) is 0.116. The number of carboxylic acid groups (broad SMARTS) is 1. The molecule has 1 aliphatic heterocycles. The van der Waals surface area contributed by atoms with Gasteiger partial charge in [-0.2, -0.15) is 0 Å². The van der Waals surface area contributed by atoms with E-state index in [1.807, 2.05) is 13.8 Å². The summed E-state index contributed by atoms with van der Waals surface area (Å²) in [6.07, 6.45) is 1.68. The second kappa shape index (κ2) is 12.8. The summed E-state index contributed by atoms with van der Waals surface area (Å²) in [5, 5.41) is 17.5. The van der Waals surface area contributed by atoms with Crippen LogP contribution in [0.3, 0.4) is 0 Å². The Morgan fingerprint density at radius 2 is 1.75 bits per heavy atom. The van der Waals surface area contributed by atoms with Gasteiger partial charge in [-0.25, -0.2) is 4.79 Å². The average molecular weight is 456 g/mol. The second-order valence-electron chi connectivity index (χ2n) is 8.31. The van der Waals surface area contributed by atoms with Crippen LogP contribution < -0.4 is 27.4 Å². The molecule has 32 heavy (non-hydrogen) atoms. The number of carbonyl (C=O) groups is 4. The van der Waals surface area contributed by atoms with E-state index in [9.17, 15) is 24.3 Å². The van der Waals surface area contributed by atoms with Gasteiger partial charge in [0.2, 0.25) is 17.7 Å². The molecule has 0 aromatic carbocycles. The Labute approximate surface area is 188 Å². The van der Waals surface area contributed by atoms with E-state index in [2.05, 4.69) is 20.9 Å². The zero-order chi connectivity index (χ0) is 24.4. The number of hydrogen-bond donors (Lipinski definition) is 6. The minimum atomic E-state index is -1.19. The second-order valence-corrected chi connectivity index (χ2v) is 8.31. The Kier molecular flexibility index (Phi) is 10.9. The van der Waals surface area contributed by atoms with E-state index >= 15 is 0 Å². The van der Waals surface area contributed by atoms with Gasteiger partial charge in [0.1, 0.15) is 18.1 Å². The van der Waals surface area contributed by atoms with Gasteiger partial charge in [-0.15, -0.1) is 0 Å². The number of aliphatic imine (C=N–C) groups is 1. The van der Waals surface area contributed by atoms with Gasteiger partial charge in [0.15, 0.2) is 5.96 Å². The fourth-order valence-corrected chi connectivity index (χ4v) is 3.56. The van der Waals surface area contributed by atoms with Gasteiger partial charge >= 0.3 is 5.97 Å². The normalized spacial score (nSPS) is 18.5. The summed E-state index contributed by atoms with van der Waals surface area (Å²) in [7, 11) is 0. The van der Waals surface area contributed by atoms with Gasteiger partial charge < -0.3 is 37.4 Å². The number of nitrogens with one attached hydrogen (secondary N) is 3. The number of likely N-dealkylation sites (tertiary alicyclic amines) is 1. The highest BCUT2D eigenvalue weighted by Gasteiger charge is 2.37. The first-order valence-electron chi connectivity index (χ1n) is 10.9. The molecule has 0 bridgehead atoms. The molecule has 3 amide bonds. The summed E-state index contributed by atoms with van der Waals surface area (Å²) in [5.74, 6) is -2.51. The molecule has 0 unspecified atom stereocenters. The van der Waals surface area contributed by atoms with Gasteiger partial charge in [0.05, 0.1) is 6.04 Å². The summed E-state index contributed by atoms with van der Waals surface area (Å²) in [5.41, 5.74) is 10.5. The Hall–Kier alpha value is -2.89. The van der Waals surface area contributed by atoms with E-state index < -0.39 is 42.0 Å². The third-order valence-corrected chi connectivity index (χ3v) is 5.10. The van der Waals surface area contributed by atoms with Crippen molar-refractivity contribution < 1.29 is 24.3 Å². The first-order valence-corrected chi connectivity index (χ1v) is 10.9. The smallest absolute Gasteiger partial charge is 0.326 e. The van der Waals surface area contributed by atoms with Crippen LogP contribution in [0.15, 0.2) is 4.99 Å². The largest absolute Gasteiger partial charge is 0.480 e. The van der Waals surface area contributed by atoms with Crippen LogP contribution in [-0.2, 0) is 19.2 Å². The van der Waals surface area contributed by atoms with Crippen molar-refractivity contribution in [1.29, 1.82) is 0 Å². The van der Waals surface area contributed by atoms with E-state index in [-0.39, 0.29) is 30.9 Å². The molecule has 0 aromatic heterocycles. The Morgan fingerprint density at radius 3 is 2.31 bits per heavy atom. The molecule has 1 fully saturated rings. The zero-order valence-electron chi connectivity index (χ0n) is 19.3. The fraction of sp³-hybridized carbons (Fsp3) is 0.750. The number of carboxylic acids is 1. The summed E-state index contributed by atoms with van der Waals surface area (Å²) < 4.78 is 0. The summed E-state index contributed by atoms with van der Waals surface area (Å²) in [4.78, 5) is 54.7. The van der Waals surface area contributed by atoms with Crippen molar-refractivity contribution in [2.75, 3.05) is 13.1 Å². The molecule has 0 aliphatic carbocycles. The van der Waals surface area contributed by atoms with Crippen LogP contribution >= 0.6 is 0 Å². The molecule has 0 spiro atoms. The molecule has 4 atom stereocenters. The maximum absolute atomic E-state index is 12.8. The number of nitrogens with zero attached hydrogens (tertiary/aromatic N) is 2. The number of guanidine groups is 1. The maximum atomic E-state index is 12.8. The molecule has 0 radical (unpaired) electrons. The molecule has 8 N–H and O–H groups in total. The van der Waals surface area contributed by atoms with Gasteiger partial charge in [-0.3, -0.25) is 19.4 Å². The molecule has 12 nitrogen and oxygen atoms in total. The van der Waals surface area contributed by atoms with Crippen molar-refractivity contribution in [2.24, 2.45) is 16.5 Å². The highest BCUT2D eigenvalue weighted by Crippen LogP contribution is 2.19. The van der Waals surface area contributed by atoms with Crippen LogP contribution in [0.2, 0.25) is 0 Å². The van der Waals surface area contributed by atoms with Crippen LogP contribution in [0, 0.1) is 0 Å². The van der Waals surface area contributed by atoms with Crippen LogP contribution in [0.5, 0.6) is 0 Å². The molecule has 0 saturated carbocycles. The van der Waals surface area contributed by atoms with Gasteiger partial charge in [-0.05, 0) is 39.5 Å². The highest BCUT2D eigenvalue weighted by atomic mass is 16.4. The number of hydrogen-bond acceptors (Lipinski definition) is 6. The first kappa shape index (κ1) is 27.1. The lowest BCUT2D eigenvalue weighted by atomic mass is 10.1. The lowest BCUT2D eigenvalue weighted by Gasteiger charge is -2.29. The fourth-order valence-electron chi connectivity index (χ4n) is 3.56. The summed E-state index contributed by atoms with van der Waals surface area (Å²) >= 11 is 0. The minimum Gasteiger partial charge on any atom is -0.480 e. The SMILES string of the molecule is CC(C)N[C@@H](C)C(=O)N1CCC[C@H]1C(=O)N[C@@H](C)C(=O)N[C@@H](CCCN=C(N)N)C(=O)O. The number of nitrogens with two attached hydrogens (primary N) is 2. The van der Waals surface area contributed by atoms with Gasteiger partial charge in [-0.1, -0.05) is 13.8 Å². The topological polar surface area (TPSA) is 192 Å². The first-order chi connectivity index (χ1) is 14.9. The number of carbonyl (C=O) groups excluding carboxylic acids is 3. The van der Waals surface area contributed by atoms with Crippen molar-refractivity contribution in [2.45, 2.75) is 83.6 Å². The van der Waals surface area contributed by atoms with Crippen molar-refractivity contribution in [3.05, 3.63) is 0 Å². The molecule has 1 aliphatic rings. The van der Waals surface area contributed by atoms with E-state index in [0.717, 1.165) is 0 Å². The van der Waals surface area contributed by atoms with Crippen molar-refractivity contribution in [3.8, 4) is 0 Å². The van der Waals surface area contributed by atoms with Crippen molar-refractivity contribution in [3.63, 3.8) is 0 Å². The lowest BCUT2D eigenvalue weighted by molar-refractivity contribution is -0.143. The summed E-state index contributed by atoms with van der Waals surface area (Å²) in [6.45, 7) is 7.80. The van der Waals surface area contributed by atoms with Gasteiger partial charge in [0.25, 0.3) is 0 Å².